The summed E-state index contributed by atoms with van der Waals surface area (Å²) in [6.07, 6.45) is 0. The Kier molecular flexibility index (Phi) is 4.63. The summed E-state index contributed by atoms with van der Waals surface area (Å²) in [6, 6.07) is 11.8. The molecule has 2 aromatic rings. The Morgan fingerprint density at radius 1 is 1.05 bits per heavy atom. The highest BCUT2D eigenvalue weighted by molar-refractivity contribution is 9.10. The minimum atomic E-state index is -0.727. The number of Topliss-reactive ketones (excluding diaryl/α,β-unsaturated/α-hetero) is 1. The molecule has 5 heteroatoms. The van der Waals surface area contributed by atoms with E-state index in [1.54, 1.807) is 24.3 Å². The molecule has 0 aliphatic heterocycles. The summed E-state index contributed by atoms with van der Waals surface area (Å²) >= 11 is 3.26. The second kappa shape index (κ2) is 6.43. The van der Waals surface area contributed by atoms with E-state index < -0.39 is 11.8 Å². The molecule has 0 saturated heterocycles. The Labute approximate surface area is 123 Å². The van der Waals surface area contributed by atoms with Crippen molar-refractivity contribution in [2.75, 3.05) is 6.61 Å². The maximum Gasteiger partial charge on any atom is 0.338 e. The third kappa shape index (κ3) is 3.74. The van der Waals surface area contributed by atoms with Crippen LogP contribution in [-0.4, -0.2) is 18.4 Å². The van der Waals surface area contributed by atoms with Crippen LogP contribution in [0.5, 0.6) is 0 Å². The van der Waals surface area contributed by atoms with E-state index in [-0.39, 0.29) is 18.0 Å². The molecule has 3 nitrogen and oxygen atoms in total. The largest absolute Gasteiger partial charge is 0.454 e. The molecule has 0 unspecified atom stereocenters. The van der Waals surface area contributed by atoms with Gasteiger partial charge in [0.15, 0.2) is 12.4 Å². The van der Waals surface area contributed by atoms with Gasteiger partial charge in [0, 0.05) is 10.0 Å². The zero-order chi connectivity index (χ0) is 14.5. The van der Waals surface area contributed by atoms with Crippen molar-refractivity contribution in [1.82, 2.24) is 0 Å². The molecule has 2 aromatic carbocycles. The number of halogens is 2. The van der Waals surface area contributed by atoms with Gasteiger partial charge in [0.2, 0.25) is 0 Å². The number of benzene rings is 2. The van der Waals surface area contributed by atoms with E-state index in [2.05, 4.69) is 15.9 Å². The van der Waals surface area contributed by atoms with Crippen molar-refractivity contribution in [3.8, 4) is 0 Å². The van der Waals surface area contributed by atoms with Crippen LogP contribution in [0, 0.1) is 5.82 Å². The smallest absolute Gasteiger partial charge is 0.338 e. The number of rotatable bonds is 4. The first kappa shape index (κ1) is 14.4. The molecule has 2 rings (SSSR count). The van der Waals surface area contributed by atoms with E-state index in [0.717, 1.165) is 10.5 Å². The SMILES string of the molecule is O=C(COC(=O)c1cccc(F)c1)c1ccc(Br)cc1. The lowest BCUT2D eigenvalue weighted by atomic mass is 10.1. The van der Waals surface area contributed by atoms with Gasteiger partial charge in [-0.05, 0) is 30.3 Å². The van der Waals surface area contributed by atoms with Crippen LogP contribution in [0.1, 0.15) is 20.7 Å². The van der Waals surface area contributed by atoms with Crippen molar-refractivity contribution < 1.29 is 18.7 Å². The average molecular weight is 337 g/mol. The van der Waals surface area contributed by atoms with Crippen molar-refractivity contribution in [2.24, 2.45) is 0 Å². The van der Waals surface area contributed by atoms with Gasteiger partial charge in [-0.25, -0.2) is 9.18 Å². The summed E-state index contributed by atoms with van der Waals surface area (Å²) < 4.78 is 18.7. The first-order valence-electron chi connectivity index (χ1n) is 5.78. The second-order valence-electron chi connectivity index (χ2n) is 4.02. The molecule has 102 valence electrons. The van der Waals surface area contributed by atoms with Crippen LogP contribution in [0.2, 0.25) is 0 Å². The molecule has 0 atom stereocenters. The first-order chi connectivity index (χ1) is 9.56. The molecule has 0 saturated carbocycles. The maximum absolute atomic E-state index is 12.9. The fourth-order valence-corrected chi connectivity index (χ4v) is 1.81. The Hall–Kier alpha value is -2.01. The molecule has 0 aliphatic carbocycles. The topological polar surface area (TPSA) is 43.4 Å². The van der Waals surface area contributed by atoms with Crippen molar-refractivity contribution in [1.29, 1.82) is 0 Å². The Morgan fingerprint density at radius 2 is 1.75 bits per heavy atom. The van der Waals surface area contributed by atoms with Crippen molar-refractivity contribution in [2.45, 2.75) is 0 Å². The van der Waals surface area contributed by atoms with E-state index in [1.165, 1.54) is 18.2 Å². The van der Waals surface area contributed by atoms with E-state index in [4.69, 9.17) is 4.74 Å². The van der Waals surface area contributed by atoms with Crippen LogP contribution in [-0.2, 0) is 4.74 Å². The van der Waals surface area contributed by atoms with E-state index in [1.807, 2.05) is 0 Å². The summed E-state index contributed by atoms with van der Waals surface area (Å²) in [5.41, 5.74) is 0.522. The lowest BCUT2D eigenvalue weighted by Crippen LogP contribution is -2.14. The molecule has 0 aromatic heterocycles. The summed E-state index contributed by atoms with van der Waals surface area (Å²) in [5.74, 6) is -1.57. The van der Waals surface area contributed by atoms with Gasteiger partial charge in [-0.2, -0.15) is 0 Å². The second-order valence-corrected chi connectivity index (χ2v) is 4.93. The quantitative estimate of drug-likeness (QED) is 0.632. The van der Waals surface area contributed by atoms with Crippen LogP contribution in [0.15, 0.2) is 53.0 Å². The standard InChI is InChI=1S/C15H10BrFO3/c16-12-6-4-10(5-7-12)14(18)9-20-15(19)11-2-1-3-13(17)8-11/h1-8H,9H2. The molecule has 0 bridgehead atoms. The van der Waals surface area contributed by atoms with Crippen LogP contribution in [0.25, 0.3) is 0 Å². The number of carbonyl (C=O) groups is 2. The van der Waals surface area contributed by atoms with Crippen LogP contribution in [0.3, 0.4) is 0 Å². The predicted molar refractivity (Wildman–Crippen MR) is 75.2 cm³/mol. The summed E-state index contributed by atoms with van der Waals surface area (Å²) in [7, 11) is 0. The fraction of sp³-hybridized carbons (Fsp3) is 0.0667. The van der Waals surface area contributed by atoms with Gasteiger partial charge in [-0.3, -0.25) is 4.79 Å². The monoisotopic (exact) mass is 336 g/mol. The maximum atomic E-state index is 12.9. The molecule has 0 radical (unpaired) electrons. The van der Waals surface area contributed by atoms with Gasteiger partial charge in [0.05, 0.1) is 5.56 Å². The van der Waals surface area contributed by atoms with E-state index in [9.17, 15) is 14.0 Å². The zero-order valence-corrected chi connectivity index (χ0v) is 11.9. The van der Waals surface area contributed by atoms with Gasteiger partial charge in [0.25, 0.3) is 0 Å². The van der Waals surface area contributed by atoms with Crippen molar-refractivity contribution in [3.05, 3.63) is 69.9 Å². The molecular formula is C15H10BrFO3. The van der Waals surface area contributed by atoms with E-state index in [0.29, 0.717) is 5.56 Å². The minimum absolute atomic E-state index is 0.0774. The van der Waals surface area contributed by atoms with Crippen LogP contribution < -0.4 is 0 Å². The number of hydrogen-bond acceptors (Lipinski definition) is 3. The summed E-state index contributed by atoms with van der Waals surface area (Å²) in [4.78, 5) is 23.4. The van der Waals surface area contributed by atoms with Crippen molar-refractivity contribution >= 4 is 27.7 Å². The van der Waals surface area contributed by atoms with E-state index >= 15 is 0 Å². The summed E-state index contributed by atoms with van der Waals surface area (Å²) in [6.45, 7) is -0.378. The lowest BCUT2D eigenvalue weighted by Gasteiger charge is -2.04. The van der Waals surface area contributed by atoms with Crippen molar-refractivity contribution in [3.63, 3.8) is 0 Å². The van der Waals surface area contributed by atoms with Gasteiger partial charge in [-0.1, -0.05) is 34.1 Å². The number of esters is 1. The number of ether oxygens (including phenoxy) is 1. The van der Waals surface area contributed by atoms with Gasteiger partial charge >= 0.3 is 5.97 Å². The third-order valence-corrected chi connectivity index (χ3v) is 3.09. The molecule has 0 N–H and O–H groups in total. The molecular weight excluding hydrogens is 327 g/mol. The molecule has 0 heterocycles. The molecule has 20 heavy (non-hydrogen) atoms. The number of ketones is 1. The zero-order valence-electron chi connectivity index (χ0n) is 10.3. The lowest BCUT2D eigenvalue weighted by molar-refractivity contribution is 0.0474. The average Bonchev–Trinajstić information content (AvgIpc) is 2.45. The Balaban J connectivity index is 1.96. The van der Waals surface area contributed by atoms with Gasteiger partial charge < -0.3 is 4.74 Å². The van der Waals surface area contributed by atoms with Gasteiger partial charge in [-0.15, -0.1) is 0 Å². The van der Waals surface area contributed by atoms with Crippen LogP contribution >= 0.6 is 15.9 Å². The fourth-order valence-electron chi connectivity index (χ4n) is 1.55. The predicted octanol–water partition coefficient (Wildman–Crippen LogP) is 3.63. The highest BCUT2D eigenvalue weighted by Crippen LogP contribution is 2.11. The first-order valence-corrected chi connectivity index (χ1v) is 6.57. The third-order valence-electron chi connectivity index (χ3n) is 2.56. The highest BCUT2D eigenvalue weighted by Gasteiger charge is 2.12. The number of carbonyl (C=O) groups excluding carboxylic acids is 2. The van der Waals surface area contributed by atoms with Gasteiger partial charge in [0.1, 0.15) is 5.82 Å². The highest BCUT2D eigenvalue weighted by atomic mass is 79.9. The Morgan fingerprint density at radius 3 is 2.40 bits per heavy atom. The number of hydrogen-bond donors (Lipinski definition) is 0. The normalized spacial score (nSPS) is 10.1. The molecule has 0 amide bonds. The molecule has 0 fully saturated rings. The molecule has 0 spiro atoms. The minimum Gasteiger partial charge on any atom is -0.454 e. The molecule has 0 aliphatic rings. The summed E-state index contributed by atoms with van der Waals surface area (Å²) in [5, 5.41) is 0. The van der Waals surface area contributed by atoms with Crippen LogP contribution in [0.4, 0.5) is 4.39 Å². The Bertz CT molecular complexity index is 638.